The number of halogens is 1. The van der Waals surface area contributed by atoms with Crippen LogP contribution >= 0.6 is 15.9 Å². The van der Waals surface area contributed by atoms with Gasteiger partial charge in [0.05, 0.1) is 16.7 Å². The maximum Gasteiger partial charge on any atom is 0.310 e. The fraction of sp³-hybridized carbons (Fsp3) is 0.867. The van der Waals surface area contributed by atoms with E-state index in [-0.39, 0.29) is 46.5 Å². The van der Waals surface area contributed by atoms with Gasteiger partial charge in [-0.2, -0.15) is 0 Å². The van der Waals surface area contributed by atoms with Gasteiger partial charge in [0, 0.05) is 19.0 Å². The molecule has 2 aliphatic carbocycles. The number of hydrogen-bond acceptors (Lipinski definition) is 3. The van der Waals surface area contributed by atoms with Crippen LogP contribution in [0.2, 0.25) is 0 Å². The second-order valence-electron chi connectivity index (χ2n) is 6.97. The Morgan fingerprint density at radius 3 is 2.70 bits per heavy atom. The first-order valence-electron chi connectivity index (χ1n) is 7.71. The normalized spacial score (nSPS) is 46.9. The van der Waals surface area contributed by atoms with Crippen LogP contribution in [0.3, 0.4) is 0 Å². The lowest BCUT2D eigenvalue weighted by molar-refractivity contribution is -0.148. The minimum absolute atomic E-state index is 0.0166. The summed E-state index contributed by atoms with van der Waals surface area (Å²) >= 11 is 3.67. The Bertz CT molecular complexity index is 460. The second-order valence-corrected chi connectivity index (χ2v) is 8.03. The molecular weight excluding hydrogens is 322 g/mol. The monoisotopic (exact) mass is 341 g/mol. The molecule has 0 radical (unpaired) electrons. The Labute approximate surface area is 127 Å². The van der Waals surface area contributed by atoms with Gasteiger partial charge in [0.2, 0.25) is 5.91 Å². The van der Waals surface area contributed by atoms with Gasteiger partial charge in [-0.05, 0) is 31.1 Å². The number of rotatable bonds is 1. The lowest BCUT2D eigenvalue weighted by atomic mass is 9.78. The van der Waals surface area contributed by atoms with E-state index in [9.17, 15) is 9.59 Å². The zero-order chi connectivity index (χ0) is 14.0. The highest BCUT2D eigenvalue weighted by molar-refractivity contribution is 9.09. The largest absolute Gasteiger partial charge is 0.461 e. The van der Waals surface area contributed by atoms with Gasteiger partial charge in [-0.1, -0.05) is 22.9 Å². The summed E-state index contributed by atoms with van der Waals surface area (Å²) < 4.78 is 5.48. The number of fused-ring (bicyclic) bond motifs is 1. The summed E-state index contributed by atoms with van der Waals surface area (Å²) in [6.07, 6.45) is 3.16. The summed E-state index contributed by atoms with van der Waals surface area (Å²) in [6, 6.07) is 0. The predicted octanol–water partition coefficient (Wildman–Crippen LogP) is 1.82. The first-order chi connectivity index (χ1) is 9.58. The molecular formula is C15H20BrNO3. The summed E-state index contributed by atoms with van der Waals surface area (Å²) in [4.78, 5) is 27.1. The minimum atomic E-state index is -0.161. The number of carbonyl (C=O) groups is 2. The van der Waals surface area contributed by atoms with E-state index in [4.69, 9.17) is 4.74 Å². The lowest BCUT2D eigenvalue weighted by Gasteiger charge is -2.36. The van der Waals surface area contributed by atoms with Crippen molar-refractivity contribution in [2.75, 3.05) is 13.1 Å². The summed E-state index contributed by atoms with van der Waals surface area (Å²) in [5.74, 6) is 1.05. The molecule has 2 bridgehead atoms. The molecule has 2 saturated heterocycles. The Kier molecular flexibility index (Phi) is 2.92. The molecule has 2 heterocycles. The van der Waals surface area contributed by atoms with E-state index < -0.39 is 0 Å². The highest BCUT2D eigenvalue weighted by Gasteiger charge is 2.68. The summed E-state index contributed by atoms with van der Waals surface area (Å²) in [7, 11) is 0. The molecule has 0 aromatic heterocycles. The van der Waals surface area contributed by atoms with Gasteiger partial charge in [-0.15, -0.1) is 0 Å². The third-order valence-corrected chi connectivity index (χ3v) is 7.10. The van der Waals surface area contributed by atoms with E-state index in [1.807, 2.05) is 4.90 Å². The smallest absolute Gasteiger partial charge is 0.310 e. The van der Waals surface area contributed by atoms with Crippen molar-refractivity contribution in [3.63, 3.8) is 0 Å². The minimum Gasteiger partial charge on any atom is -0.461 e. The second kappa shape index (κ2) is 4.46. The molecule has 6 atom stereocenters. The van der Waals surface area contributed by atoms with Gasteiger partial charge in [-0.3, -0.25) is 9.59 Å². The summed E-state index contributed by atoms with van der Waals surface area (Å²) in [5.41, 5.74) is 0. The Morgan fingerprint density at radius 1 is 1.30 bits per heavy atom. The molecule has 2 saturated carbocycles. The molecule has 110 valence electrons. The molecule has 1 amide bonds. The Hall–Kier alpha value is -0.580. The standard InChI is InChI=1S/C15H20BrNO3/c1-7-2-4-17(5-3-7)14(18)10-8-6-9-11(10)15(19)20-13(9)12(8)16/h7-13H,2-6H2,1H3/t8-,9-,10-,11+,12+,13+/m1/s1. The van der Waals surface area contributed by atoms with Crippen LogP contribution in [-0.2, 0) is 14.3 Å². The van der Waals surface area contributed by atoms with Crippen LogP contribution < -0.4 is 0 Å². The Balaban J connectivity index is 1.56. The van der Waals surface area contributed by atoms with Crippen molar-refractivity contribution in [3.8, 4) is 0 Å². The van der Waals surface area contributed by atoms with Crippen LogP contribution in [0.15, 0.2) is 0 Å². The molecule has 4 aliphatic rings. The van der Waals surface area contributed by atoms with E-state index in [0.717, 1.165) is 32.4 Å². The molecule has 2 aliphatic heterocycles. The number of nitrogens with zero attached hydrogens (tertiary/aromatic N) is 1. The van der Waals surface area contributed by atoms with Crippen LogP contribution in [0.25, 0.3) is 0 Å². The van der Waals surface area contributed by atoms with Crippen molar-refractivity contribution < 1.29 is 14.3 Å². The van der Waals surface area contributed by atoms with E-state index in [1.54, 1.807) is 0 Å². The van der Waals surface area contributed by atoms with Crippen LogP contribution in [0.4, 0.5) is 0 Å². The van der Waals surface area contributed by atoms with Gasteiger partial charge in [-0.25, -0.2) is 0 Å². The van der Waals surface area contributed by atoms with E-state index in [0.29, 0.717) is 5.92 Å². The highest BCUT2D eigenvalue weighted by Crippen LogP contribution is 2.60. The Morgan fingerprint density at radius 2 is 2.00 bits per heavy atom. The van der Waals surface area contributed by atoms with Crippen molar-refractivity contribution in [1.29, 1.82) is 0 Å². The number of piperidine rings is 1. The predicted molar refractivity (Wildman–Crippen MR) is 76.2 cm³/mol. The molecule has 5 heteroatoms. The highest BCUT2D eigenvalue weighted by atomic mass is 79.9. The molecule has 0 N–H and O–H groups in total. The maximum atomic E-state index is 12.9. The molecule has 0 spiro atoms. The average molecular weight is 342 g/mol. The van der Waals surface area contributed by atoms with Crippen LogP contribution in [-0.4, -0.2) is 40.8 Å². The number of esters is 1. The van der Waals surface area contributed by atoms with Crippen molar-refractivity contribution in [2.45, 2.75) is 37.1 Å². The van der Waals surface area contributed by atoms with E-state index in [1.165, 1.54) is 0 Å². The van der Waals surface area contributed by atoms with Crippen molar-refractivity contribution in [3.05, 3.63) is 0 Å². The summed E-state index contributed by atoms with van der Waals surface area (Å²) in [5, 5.41) is 0. The van der Waals surface area contributed by atoms with Gasteiger partial charge in [0.1, 0.15) is 6.10 Å². The third kappa shape index (κ3) is 1.65. The first kappa shape index (κ1) is 13.1. The molecule has 4 rings (SSSR count). The zero-order valence-corrected chi connectivity index (χ0v) is 13.2. The zero-order valence-electron chi connectivity index (χ0n) is 11.6. The number of likely N-dealkylation sites (tertiary alicyclic amines) is 1. The van der Waals surface area contributed by atoms with E-state index in [2.05, 4.69) is 22.9 Å². The molecule has 4 nitrogen and oxygen atoms in total. The summed E-state index contributed by atoms with van der Waals surface area (Å²) in [6.45, 7) is 3.95. The van der Waals surface area contributed by atoms with Crippen LogP contribution in [0, 0.1) is 29.6 Å². The van der Waals surface area contributed by atoms with E-state index >= 15 is 0 Å². The molecule has 0 unspecified atom stereocenters. The SMILES string of the molecule is CC1CCN(C(=O)[C@@H]2[C@H]3C[C@H]4[C@H](OC(=O)[C@@H]42)[C@H]3Br)CC1. The number of ether oxygens (including phenoxy) is 1. The first-order valence-corrected chi connectivity index (χ1v) is 8.63. The van der Waals surface area contributed by atoms with Crippen molar-refractivity contribution in [2.24, 2.45) is 29.6 Å². The number of carbonyl (C=O) groups excluding carboxylic acids is 2. The molecule has 20 heavy (non-hydrogen) atoms. The number of amides is 1. The van der Waals surface area contributed by atoms with Gasteiger partial charge < -0.3 is 9.64 Å². The van der Waals surface area contributed by atoms with Crippen molar-refractivity contribution >= 4 is 27.8 Å². The van der Waals surface area contributed by atoms with Gasteiger partial charge in [0.15, 0.2) is 0 Å². The maximum absolute atomic E-state index is 12.9. The third-order valence-electron chi connectivity index (χ3n) is 5.90. The molecule has 0 aromatic carbocycles. The van der Waals surface area contributed by atoms with Gasteiger partial charge >= 0.3 is 5.97 Å². The number of alkyl halides is 1. The fourth-order valence-corrected chi connectivity index (χ4v) is 5.79. The molecule has 0 aromatic rings. The topological polar surface area (TPSA) is 46.6 Å². The van der Waals surface area contributed by atoms with Crippen molar-refractivity contribution in [1.82, 2.24) is 4.90 Å². The van der Waals surface area contributed by atoms with Crippen LogP contribution in [0.1, 0.15) is 26.2 Å². The fourth-order valence-electron chi connectivity index (χ4n) is 4.75. The average Bonchev–Trinajstić information content (AvgIpc) is 3.03. The van der Waals surface area contributed by atoms with Crippen LogP contribution in [0.5, 0.6) is 0 Å². The van der Waals surface area contributed by atoms with Gasteiger partial charge in [0.25, 0.3) is 0 Å². The quantitative estimate of drug-likeness (QED) is 0.539. The molecule has 4 fully saturated rings. The number of hydrogen-bond donors (Lipinski definition) is 0. The lowest BCUT2D eigenvalue weighted by Crippen LogP contribution is -2.47.